The van der Waals surface area contributed by atoms with E-state index in [-0.39, 0.29) is 19.8 Å². The molecule has 288 valence electrons. The van der Waals surface area contributed by atoms with Gasteiger partial charge in [-0.25, -0.2) is 0 Å². The van der Waals surface area contributed by atoms with E-state index >= 15 is 0 Å². The number of nitrogens with zero attached hydrogens (tertiary/aromatic N) is 3. The van der Waals surface area contributed by atoms with E-state index in [9.17, 15) is 20.6 Å². The quantitative estimate of drug-likeness (QED) is 0.0616. The number of halogens is 2. The van der Waals surface area contributed by atoms with E-state index in [2.05, 4.69) is 47.3 Å². The van der Waals surface area contributed by atoms with Crippen molar-refractivity contribution in [2.75, 3.05) is 46.1 Å². The van der Waals surface area contributed by atoms with E-state index in [1.165, 1.54) is 6.20 Å². The van der Waals surface area contributed by atoms with Crippen LogP contribution in [0.3, 0.4) is 0 Å². The maximum Gasteiger partial charge on any atom is 0.142 e. The lowest BCUT2D eigenvalue weighted by Gasteiger charge is -2.30. The van der Waals surface area contributed by atoms with Gasteiger partial charge in [0.05, 0.1) is 48.7 Å². The molecule has 1 saturated heterocycles. The third kappa shape index (κ3) is 10.2. The first-order chi connectivity index (χ1) is 26.1. The van der Waals surface area contributed by atoms with Crippen LogP contribution in [0.4, 0.5) is 0 Å². The van der Waals surface area contributed by atoms with Crippen molar-refractivity contribution >= 4 is 34.6 Å². The highest BCUT2D eigenvalue weighted by Gasteiger charge is 2.29. The molecule has 0 saturated carbocycles. The first kappa shape index (κ1) is 41.6. The zero-order valence-corrected chi connectivity index (χ0v) is 33.8. The van der Waals surface area contributed by atoms with E-state index in [1.807, 2.05) is 54.2 Å². The average Bonchev–Trinajstić information content (AvgIpc) is 3.67. The number of hydrogen-bond donors (Lipinski definition) is 4. The van der Waals surface area contributed by atoms with Crippen molar-refractivity contribution in [2.24, 2.45) is 0 Å². The summed E-state index contributed by atoms with van der Waals surface area (Å²) in [6.07, 6.45) is 5.44. The molecule has 1 fully saturated rings. The molecular formula is C41H48ClIN4O7. The Morgan fingerprint density at radius 3 is 2.35 bits per heavy atom. The highest BCUT2D eigenvalue weighted by molar-refractivity contribution is 14.1. The van der Waals surface area contributed by atoms with Crippen LogP contribution in [0.15, 0.2) is 60.9 Å². The molecule has 1 atom stereocenters. The van der Waals surface area contributed by atoms with Crippen LogP contribution in [0, 0.1) is 32.1 Å². The molecule has 1 aromatic heterocycles. The molecule has 5 rings (SSSR count). The van der Waals surface area contributed by atoms with Crippen molar-refractivity contribution in [3.63, 3.8) is 0 Å². The topological polar surface area (TPSA) is 150 Å². The van der Waals surface area contributed by atoms with E-state index in [0.29, 0.717) is 51.5 Å². The number of aliphatic hydroxyl groups excluding tert-OH is 3. The predicted molar refractivity (Wildman–Crippen MR) is 216 cm³/mol. The lowest BCUT2D eigenvalue weighted by atomic mass is 9.93. The van der Waals surface area contributed by atoms with Crippen molar-refractivity contribution in [3.8, 4) is 34.4 Å². The summed E-state index contributed by atoms with van der Waals surface area (Å²) in [7, 11) is 0. The Kier molecular flexibility index (Phi) is 15.3. The van der Waals surface area contributed by atoms with Crippen molar-refractivity contribution in [1.29, 1.82) is 5.26 Å². The summed E-state index contributed by atoms with van der Waals surface area (Å²) < 4.78 is 24.4. The normalized spacial score (nSPS) is 14.6. The molecule has 1 aliphatic heterocycles. The fourth-order valence-corrected chi connectivity index (χ4v) is 7.14. The standard InChI is InChI=1S/C41H48ClIN4O7/c1-27-32(7-4-8-34(27)35-9-5-10-37(28(35)2)51-14-6-12-47-13-11-33(21-47)54-43)23-53-39-16-38(52-22-31-15-30(17-44)18-45-19-31)36(29(3)40(39)42)20-46-41(24-48,25-49)26-50/h4-5,7-10,15-16,18-19,33,46,48-50H,6,11-14,20-26H2,1-3H3/t33-/m1/s1. The van der Waals surface area contributed by atoms with Gasteiger partial charge in [0.2, 0.25) is 0 Å². The monoisotopic (exact) mass is 870 g/mol. The van der Waals surface area contributed by atoms with Crippen LogP contribution in [-0.2, 0) is 22.8 Å². The van der Waals surface area contributed by atoms with Gasteiger partial charge < -0.3 is 42.8 Å². The van der Waals surface area contributed by atoms with E-state index in [1.54, 1.807) is 18.3 Å². The molecule has 4 aromatic rings. The second-order valence-corrected chi connectivity index (χ2v) is 14.6. The zero-order chi connectivity index (χ0) is 38.7. The number of nitrogens with one attached hydrogen (secondary N) is 1. The van der Waals surface area contributed by atoms with Crippen LogP contribution in [-0.4, -0.2) is 82.9 Å². The first-order valence-electron chi connectivity index (χ1n) is 18.0. The molecule has 2 heterocycles. The van der Waals surface area contributed by atoms with Crippen LogP contribution < -0.4 is 19.5 Å². The molecule has 1 aliphatic rings. The maximum absolute atomic E-state index is 9.90. The molecule has 0 spiro atoms. The molecule has 13 heteroatoms. The average molecular weight is 871 g/mol. The number of pyridine rings is 1. The van der Waals surface area contributed by atoms with Crippen molar-refractivity contribution in [3.05, 3.63) is 105 Å². The summed E-state index contributed by atoms with van der Waals surface area (Å²) in [6, 6.07) is 17.8. The van der Waals surface area contributed by atoms with Gasteiger partial charge in [0.1, 0.15) is 59.5 Å². The summed E-state index contributed by atoms with van der Waals surface area (Å²) >= 11 is 8.92. The second-order valence-electron chi connectivity index (χ2n) is 13.7. The summed E-state index contributed by atoms with van der Waals surface area (Å²) in [5.41, 5.74) is 6.42. The van der Waals surface area contributed by atoms with Gasteiger partial charge in [0.15, 0.2) is 0 Å². The van der Waals surface area contributed by atoms with Gasteiger partial charge in [-0.05, 0) is 79.1 Å². The molecule has 0 amide bonds. The van der Waals surface area contributed by atoms with Gasteiger partial charge >= 0.3 is 0 Å². The Bertz CT molecular complexity index is 1910. The van der Waals surface area contributed by atoms with Crippen LogP contribution in [0.1, 0.15) is 51.8 Å². The van der Waals surface area contributed by atoms with Crippen LogP contribution >= 0.6 is 34.6 Å². The van der Waals surface area contributed by atoms with Gasteiger partial charge in [-0.15, -0.1) is 0 Å². The minimum Gasteiger partial charge on any atom is -0.493 e. The molecule has 0 unspecified atom stereocenters. The van der Waals surface area contributed by atoms with Crippen LogP contribution in [0.2, 0.25) is 5.02 Å². The SMILES string of the molecule is Cc1c(COc2cc(OCc3cncc(C#N)c3)c(CNC(CO)(CO)CO)c(C)c2Cl)cccc1-c1cccc(OCCCN2CC[C@@H](OI)C2)c1C. The van der Waals surface area contributed by atoms with Crippen molar-refractivity contribution < 1.29 is 32.6 Å². The number of hydrogen-bond acceptors (Lipinski definition) is 11. The zero-order valence-electron chi connectivity index (χ0n) is 30.9. The fraction of sp³-hybridized carbons (Fsp3) is 0.415. The number of nitriles is 1. The van der Waals surface area contributed by atoms with Gasteiger partial charge in [-0.1, -0.05) is 41.9 Å². The predicted octanol–water partition coefficient (Wildman–Crippen LogP) is 6.37. The second kappa shape index (κ2) is 19.9. The Hall–Kier alpha value is -3.52. The lowest BCUT2D eigenvalue weighted by molar-refractivity contribution is 0.0411. The number of aliphatic hydroxyl groups is 3. The van der Waals surface area contributed by atoms with Crippen molar-refractivity contribution in [2.45, 2.75) is 65.0 Å². The van der Waals surface area contributed by atoms with Crippen LogP contribution in [0.5, 0.6) is 17.2 Å². The Balaban J connectivity index is 1.33. The maximum atomic E-state index is 9.90. The summed E-state index contributed by atoms with van der Waals surface area (Å²) in [5, 5.41) is 42.5. The Morgan fingerprint density at radius 1 is 0.926 bits per heavy atom. The number of likely N-dealkylation sites (tertiary alicyclic amines) is 1. The molecule has 54 heavy (non-hydrogen) atoms. The molecule has 4 N–H and O–H groups in total. The number of ether oxygens (including phenoxy) is 3. The smallest absolute Gasteiger partial charge is 0.142 e. The number of rotatable bonds is 19. The highest BCUT2D eigenvalue weighted by atomic mass is 127. The molecule has 11 nitrogen and oxygen atoms in total. The minimum absolute atomic E-state index is 0.109. The van der Waals surface area contributed by atoms with Gasteiger partial charge in [-0.2, -0.15) is 5.26 Å². The van der Waals surface area contributed by atoms with Gasteiger partial charge in [0.25, 0.3) is 0 Å². The molecule has 0 radical (unpaired) electrons. The molecule has 0 aliphatic carbocycles. The number of aromatic nitrogens is 1. The van der Waals surface area contributed by atoms with Gasteiger partial charge in [0, 0.05) is 55.8 Å². The van der Waals surface area contributed by atoms with Crippen molar-refractivity contribution in [1.82, 2.24) is 15.2 Å². The van der Waals surface area contributed by atoms with Crippen LogP contribution in [0.25, 0.3) is 11.1 Å². The summed E-state index contributed by atoms with van der Waals surface area (Å²) in [6.45, 7) is 8.68. The molecule has 3 aromatic carbocycles. The number of benzene rings is 3. The Labute approximate surface area is 336 Å². The lowest BCUT2D eigenvalue weighted by Crippen LogP contribution is -2.54. The molecule has 0 bridgehead atoms. The third-order valence-electron chi connectivity index (χ3n) is 10.1. The van der Waals surface area contributed by atoms with E-state index in [4.69, 9.17) is 28.9 Å². The fourth-order valence-electron chi connectivity index (χ4n) is 6.50. The minimum atomic E-state index is -1.31. The largest absolute Gasteiger partial charge is 0.493 e. The highest BCUT2D eigenvalue weighted by Crippen LogP contribution is 2.39. The summed E-state index contributed by atoms with van der Waals surface area (Å²) in [5.74, 6) is 1.73. The van der Waals surface area contributed by atoms with E-state index in [0.717, 1.165) is 66.0 Å². The third-order valence-corrected chi connectivity index (χ3v) is 11.2. The molecular weight excluding hydrogens is 823 g/mol. The summed E-state index contributed by atoms with van der Waals surface area (Å²) in [4.78, 5) is 6.56. The van der Waals surface area contributed by atoms with E-state index < -0.39 is 25.4 Å². The first-order valence-corrected chi connectivity index (χ1v) is 19.2. The Morgan fingerprint density at radius 2 is 1.65 bits per heavy atom. The van der Waals surface area contributed by atoms with Gasteiger partial charge in [-0.3, -0.25) is 4.98 Å².